The lowest BCUT2D eigenvalue weighted by atomic mass is 10.0. The van der Waals surface area contributed by atoms with Crippen molar-refractivity contribution >= 4 is 29.9 Å². The monoisotopic (exact) mass is 383 g/mol. The predicted molar refractivity (Wildman–Crippen MR) is 92.5 cm³/mol. The van der Waals surface area contributed by atoms with Crippen LogP contribution in [-0.4, -0.2) is 39.3 Å². The molecule has 1 aliphatic rings. The zero-order valence-electron chi connectivity index (χ0n) is 12.4. The lowest BCUT2D eigenvalue weighted by Gasteiger charge is -2.11. The third kappa shape index (κ3) is 9.49. The zero-order chi connectivity index (χ0) is 13.1. The van der Waals surface area contributed by atoms with E-state index in [1.807, 2.05) is 0 Å². The average Bonchev–Trinajstić information content (AvgIpc) is 2.88. The summed E-state index contributed by atoms with van der Waals surface area (Å²) in [6, 6.07) is 0. The molecule has 0 spiro atoms. The summed E-state index contributed by atoms with van der Waals surface area (Å²) in [6.45, 7) is 5.45. The van der Waals surface area contributed by atoms with E-state index in [2.05, 4.69) is 22.5 Å². The van der Waals surface area contributed by atoms with Crippen molar-refractivity contribution in [2.75, 3.05) is 33.4 Å². The van der Waals surface area contributed by atoms with Gasteiger partial charge in [0.25, 0.3) is 0 Å². The smallest absolute Gasteiger partial charge is 0.191 e. The summed E-state index contributed by atoms with van der Waals surface area (Å²) in [6.07, 6.45) is 8.32. The Morgan fingerprint density at radius 1 is 1.26 bits per heavy atom. The fourth-order valence-electron chi connectivity index (χ4n) is 2.48. The van der Waals surface area contributed by atoms with E-state index in [4.69, 9.17) is 4.74 Å². The largest absolute Gasteiger partial charge is 0.383 e. The van der Waals surface area contributed by atoms with Crippen molar-refractivity contribution in [3.63, 3.8) is 0 Å². The van der Waals surface area contributed by atoms with Crippen LogP contribution in [0.15, 0.2) is 4.99 Å². The standard InChI is InChI=1S/C14H29N3O.HI/c1-3-15-14(17-11-12-18-2)16-10-6-9-13-7-4-5-8-13;/h13H,3-12H2,1-2H3,(H2,15,16,17);1H. The van der Waals surface area contributed by atoms with Gasteiger partial charge in [-0.05, 0) is 25.7 Å². The van der Waals surface area contributed by atoms with Gasteiger partial charge in [-0.2, -0.15) is 0 Å². The molecule has 1 rings (SSSR count). The first kappa shape index (κ1) is 19.0. The van der Waals surface area contributed by atoms with Crippen molar-refractivity contribution in [1.82, 2.24) is 10.6 Å². The van der Waals surface area contributed by atoms with E-state index < -0.39 is 0 Å². The van der Waals surface area contributed by atoms with Gasteiger partial charge in [0.15, 0.2) is 5.96 Å². The summed E-state index contributed by atoms with van der Waals surface area (Å²) in [5.41, 5.74) is 0. The predicted octanol–water partition coefficient (Wildman–Crippen LogP) is 2.78. The summed E-state index contributed by atoms with van der Waals surface area (Å²) in [7, 11) is 1.72. The minimum atomic E-state index is 0. The molecular formula is C14H30IN3O. The SMILES string of the molecule is CCNC(=NCCCC1CCCC1)NCCOC.I. The van der Waals surface area contributed by atoms with E-state index >= 15 is 0 Å². The van der Waals surface area contributed by atoms with E-state index in [1.165, 1.54) is 38.5 Å². The van der Waals surface area contributed by atoms with Crippen LogP contribution in [0.1, 0.15) is 45.4 Å². The maximum absolute atomic E-state index is 5.02. The second-order valence-electron chi connectivity index (χ2n) is 4.97. The molecule has 5 heteroatoms. The second kappa shape index (κ2) is 13.0. The molecule has 114 valence electrons. The van der Waals surface area contributed by atoms with E-state index in [0.717, 1.165) is 31.5 Å². The van der Waals surface area contributed by atoms with Crippen molar-refractivity contribution in [3.05, 3.63) is 0 Å². The van der Waals surface area contributed by atoms with Crippen LogP contribution >= 0.6 is 24.0 Å². The fourth-order valence-corrected chi connectivity index (χ4v) is 2.48. The minimum Gasteiger partial charge on any atom is -0.383 e. The van der Waals surface area contributed by atoms with Gasteiger partial charge in [-0.1, -0.05) is 25.7 Å². The number of methoxy groups -OCH3 is 1. The van der Waals surface area contributed by atoms with Crippen LogP contribution in [0.2, 0.25) is 0 Å². The number of guanidine groups is 1. The summed E-state index contributed by atoms with van der Waals surface area (Å²) in [5, 5.41) is 6.52. The Hall–Kier alpha value is -0.0400. The molecule has 0 unspecified atom stereocenters. The molecule has 0 amide bonds. The number of rotatable bonds is 8. The van der Waals surface area contributed by atoms with Crippen molar-refractivity contribution < 1.29 is 4.74 Å². The number of halogens is 1. The quantitative estimate of drug-likeness (QED) is 0.293. The van der Waals surface area contributed by atoms with Gasteiger partial charge in [-0.25, -0.2) is 0 Å². The fraction of sp³-hybridized carbons (Fsp3) is 0.929. The van der Waals surface area contributed by atoms with Gasteiger partial charge in [0.05, 0.1) is 6.61 Å². The minimum absolute atomic E-state index is 0. The Morgan fingerprint density at radius 3 is 2.63 bits per heavy atom. The number of nitrogens with one attached hydrogen (secondary N) is 2. The van der Waals surface area contributed by atoms with Gasteiger partial charge in [0.2, 0.25) is 0 Å². The molecular weight excluding hydrogens is 353 g/mol. The average molecular weight is 383 g/mol. The van der Waals surface area contributed by atoms with Gasteiger partial charge >= 0.3 is 0 Å². The lowest BCUT2D eigenvalue weighted by Crippen LogP contribution is -2.39. The van der Waals surface area contributed by atoms with Crippen LogP contribution in [0, 0.1) is 5.92 Å². The molecule has 0 saturated heterocycles. The van der Waals surface area contributed by atoms with Crippen LogP contribution in [0.5, 0.6) is 0 Å². The number of aliphatic imine (C=N–C) groups is 1. The Bertz CT molecular complexity index is 231. The van der Waals surface area contributed by atoms with Gasteiger partial charge in [-0.3, -0.25) is 4.99 Å². The molecule has 2 N–H and O–H groups in total. The Morgan fingerprint density at radius 2 is 2.00 bits per heavy atom. The third-order valence-electron chi connectivity index (χ3n) is 3.46. The van der Waals surface area contributed by atoms with Crippen LogP contribution < -0.4 is 10.6 Å². The van der Waals surface area contributed by atoms with E-state index in [0.29, 0.717) is 6.61 Å². The second-order valence-corrected chi connectivity index (χ2v) is 4.97. The highest BCUT2D eigenvalue weighted by Crippen LogP contribution is 2.28. The first-order valence-electron chi connectivity index (χ1n) is 7.38. The maximum atomic E-state index is 5.02. The van der Waals surface area contributed by atoms with Crippen molar-refractivity contribution in [2.24, 2.45) is 10.9 Å². The molecule has 0 aliphatic heterocycles. The normalized spacial score (nSPS) is 16.2. The molecule has 1 aliphatic carbocycles. The van der Waals surface area contributed by atoms with Crippen LogP contribution in [0.4, 0.5) is 0 Å². The Labute approximate surface area is 135 Å². The first-order valence-corrected chi connectivity index (χ1v) is 7.38. The summed E-state index contributed by atoms with van der Waals surface area (Å²) < 4.78 is 5.02. The van der Waals surface area contributed by atoms with Gasteiger partial charge in [0.1, 0.15) is 0 Å². The maximum Gasteiger partial charge on any atom is 0.191 e. The van der Waals surface area contributed by atoms with Gasteiger partial charge in [-0.15, -0.1) is 24.0 Å². The highest BCUT2D eigenvalue weighted by Gasteiger charge is 2.13. The number of ether oxygens (including phenoxy) is 1. The zero-order valence-corrected chi connectivity index (χ0v) is 14.7. The molecule has 0 atom stereocenters. The summed E-state index contributed by atoms with van der Waals surface area (Å²) in [5.74, 6) is 1.89. The molecule has 19 heavy (non-hydrogen) atoms. The van der Waals surface area contributed by atoms with E-state index in [1.54, 1.807) is 7.11 Å². The van der Waals surface area contributed by atoms with E-state index in [-0.39, 0.29) is 24.0 Å². The van der Waals surface area contributed by atoms with Crippen LogP contribution in [0.3, 0.4) is 0 Å². The molecule has 4 nitrogen and oxygen atoms in total. The highest BCUT2D eigenvalue weighted by molar-refractivity contribution is 14.0. The van der Waals surface area contributed by atoms with Crippen LogP contribution in [-0.2, 0) is 4.74 Å². The van der Waals surface area contributed by atoms with Crippen molar-refractivity contribution in [3.8, 4) is 0 Å². The number of hydrogen-bond acceptors (Lipinski definition) is 2. The third-order valence-corrected chi connectivity index (χ3v) is 3.46. The number of hydrogen-bond donors (Lipinski definition) is 2. The Kier molecular flexibility index (Phi) is 12.9. The molecule has 1 saturated carbocycles. The highest BCUT2D eigenvalue weighted by atomic mass is 127. The van der Waals surface area contributed by atoms with Gasteiger partial charge in [0, 0.05) is 26.7 Å². The molecule has 0 aromatic heterocycles. The van der Waals surface area contributed by atoms with Crippen LogP contribution in [0.25, 0.3) is 0 Å². The van der Waals surface area contributed by atoms with Crippen molar-refractivity contribution in [1.29, 1.82) is 0 Å². The topological polar surface area (TPSA) is 45.7 Å². The molecule has 1 fully saturated rings. The van der Waals surface area contributed by atoms with Gasteiger partial charge < -0.3 is 15.4 Å². The summed E-state index contributed by atoms with van der Waals surface area (Å²) >= 11 is 0. The molecule has 0 bridgehead atoms. The molecule has 0 heterocycles. The molecule has 0 aromatic rings. The molecule has 0 aromatic carbocycles. The van der Waals surface area contributed by atoms with E-state index in [9.17, 15) is 0 Å². The van der Waals surface area contributed by atoms with Crippen molar-refractivity contribution in [2.45, 2.75) is 45.4 Å². The Balaban J connectivity index is 0.00000324. The summed E-state index contributed by atoms with van der Waals surface area (Å²) in [4.78, 5) is 4.59. The first-order chi connectivity index (χ1) is 8.86. The lowest BCUT2D eigenvalue weighted by molar-refractivity contribution is 0.203. The number of nitrogens with zero attached hydrogens (tertiary/aromatic N) is 1. The molecule has 0 radical (unpaired) electrons.